The number of nitrogens with one attached hydrogen (secondary N) is 1. The molecule has 6 nitrogen and oxygen atoms in total. The summed E-state index contributed by atoms with van der Waals surface area (Å²) in [5.41, 5.74) is 1.06. The van der Waals surface area contributed by atoms with E-state index in [9.17, 15) is 13.2 Å². The van der Waals surface area contributed by atoms with Crippen molar-refractivity contribution in [3.63, 3.8) is 0 Å². The van der Waals surface area contributed by atoms with Crippen LogP contribution in [0.1, 0.15) is 32.3 Å². The van der Waals surface area contributed by atoms with Crippen molar-refractivity contribution in [3.8, 4) is 0 Å². The zero-order chi connectivity index (χ0) is 20.3. The highest BCUT2D eigenvalue weighted by Gasteiger charge is 2.36. The molecule has 0 saturated carbocycles. The van der Waals surface area contributed by atoms with Gasteiger partial charge in [0.15, 0.2) is 0 Å². The lowest BCUT2D eigenvalue weighted by Crippen LogP contribution is -2.58. The molecule has 0 aliphatic carbocycles. The van der Waals surface area contributed by atoms with Crippen molar-refractivity contribution in [3.05, 3.63) is 48.0 Å². The number of amides is 1. The molecule has 2 aromatic rings. The number of hydrogen-bond donors (Lipinski definition) is 1. The van der Waals surface area contributed by atoms with E-state index in [2.05, 4.69) is 29.0 Å². The second-order valence-corrected chi connectivity index (χ2v) is 9.50. The highest BCUT2D eigenvalue weighted by Crippen LogP contribution is 2.25. The molecular weight excluding hydrogens is 376 g/mol. The molecule has 2 atom stereocenters. The first-order valence-corrected chi connectivity index (χ1v) is 11.5. The molecule has 3 rings (SSSR count). The number of likely N-dealkylation sites (tertiary alicyclic amines) is 1. The van der Waals surface area contributed by atoms with Crippen LogP contribution in [0.3, 0.4) is 0 Å². The van der Waals surface area contributed by atoms with Gasteiger partial charge in [-0.3, -0.25) is 0 Å². The molecule has 0 unspecified atom stereocenters. The third kappa shape index (κ3) is 5.23. The van der Waals surface area contributed by atoms with E-state index in [0.717, 1.165) is 29.0 Å². The Morgan fingerprint density at radius 2 is 1.93 bits per heavy atom. The molecule has 0 spiro atoms. The van der Waals surface area contributed by atoms with E-state index in [1.165, 1.54) is 0 Å². The summed E-state index contributed by atoms with van der Waals surface area (Å²) in [4.78, 5) is 14.3. The average molecular weight is 405 g/mol. The summed E-state index contributed by atoms with van der Waals surface area (Å²) in [6.07, 6.45) is 2.53. The molecule has 1 aliphatic rings. The summed E-state index contributed by atoms with van der Waals surface area (Å²) < 4.78 is 31.9. The number of carbonyl (C=O) groups is 1. The van der Waals surface area contributed by atoms with Gasteiger partial charge in [0.1, 0.15) is 0 Å². The molecule has 28 heavy (non-hydrogen) atoms. The molecule has 1 saturated heterocycles. The van der Waals surface area contributed by atoms with Crippen molar-refractivity contribution in [1.82, 2.24) is 9.62 Å². The van der Waals surface area contributed by atoms with Gasteiger partial charge in [0.05, 0.1) is 18.4 Å². The molecular formula is C21H28N2O4S. The van der Waals surface area contributed by atoms with Crippen LogP contribution in [0.15, 0.2) is 42.5 Å². The van der Waals surface area contributed by atoms with Crippen LogP contribution in [-0.4, -0.2) is 50.4 Å². The third-order valence-corrected chi connectivity index (χ3v) is 5.71. The molecule has 0 bridgehead atoms. The molecule has 1 heterocycles. The highest BCUT2D eigenvalue weighted by molar-refractivity contribution is 7.88. The quantitative estimate of drug-likeness (QED) is 0.830. The van der Waals surface area contributed by atoms with Crippen LogP contribution in [0.2, 0.25) is 0 Å². The summed E-state index contributed by atoms with van der Waals surface area (Å²) in [5.74, 6) is 0. The van der Waals surface area contributed by atoms with Gasteiger partial charge in [-0.25, -0.2) is 17.9 Å². The predicted molar refractivity (Wildman–Crippen MR) is 111 cm³/mol. The van der Waals surface area contributed by atoms with Crippen LogP contribution in [0.4, 0.5) is 4.79 Å². The van der Waals surface area contributed by atoms with Crippen LogP contribution in [0.25, 0.3) is 10.8 Å². The lowest BCUT2D eigenvalue weighted by atomic mass is 9.91. The minimum Gasteiger partial charge on any atom is -0.447 e. The van der Waals surface area contributed by atoms with Gasteiger partial charge < -0.3 is 9.64 Å². The summed E-state index contributed by atoms with van der Waals surface area (Å²) in [7, 11) is -3.38. The average Bonchev–Trinajstić information content (AvgIpc) is 2.61. The first-order chi connectivity index (χ1) is 13.2. The monoisotopic (exact) mass is 404 g/mol. The van der Waals surface area contributed by atoms with Crippen molar-refractivity contribution in [2.45, 2.75) is 51.3 Å². The van der Waals surface area contributed by atoms with E-state index in [4.69, 9.17) is 4.74 Å². The second-order valence-electron chi connectivity index (χ2n) is 7.72. The molecule has 1 aliphatic heterocycles. The number of sulfonamides is 1. The fraction of sp³-hybridized carbons (Fsp3) is 0.476. The van der Waals surface area contributed by atoms with Crippen molar-refractivity contribution in [1.29, 1.82) is 0 Å². The van der Waals surface area contributed by atoms with Crippen molar-refractivity contribution in [2.24, 2.45) is 0 Å². The summed E-state index contributed by atoms with van der Waals surface area (Å²) in [6, 6.07) is 13.7. The SMILES string of the molecule is CC(C)OC(=O)N1CCC[C@@H](NS(C)(=O)=O)[C@H]1Cc1ccc2ccccc2c1. The van der Waals surface area contributed by atoms with Crippen LogP contribution < -0.4 is 4.72 Å². The Morgan fingerprint density at radius 3 is 2.61 bits per heavy atom. The van der Waals surface area contributed by atoms with E-state index in [-0.39, 0.29) is 24.3 Å². The van der Waals surface area contributed by atoms with Gasteiger partial charge in [-0.1, -0.05) is 42.5 Å². The largest absolute Gasteiger partial charge is 0.447 e. The number of carbonyl (C=O) groups excluding carboxylic acids is 1. The maximum absolute atomic E-state index is 12.7. The number of rotatable bonds is 5. The Morgan fingerprint density at radius 1 is 1.21 bits per heavy atom. The Bertz CT molecular complexity index is 942. The molecule has 0 aromatic heterocycles. The first-order valence-electron chi connectivity index (χ1n) is 9.65. The van der Waals surface area contributed by atoms with Crippen LogP contribution in [-0.2, 0) is 21.2 Å². The molecule has 1 N–H and O–H groups in total. The van der Waals surface area contributed by atoms with E-state index >= 15 is 0 Å². The Hall–Kier alpha value is -2.12. The van der Waals surface area contributed by atoms with Gasteiger partial charge in [0, 0.05) is 12.6 Å². The Balaban J connectivity index is 1.90. The topological polar surface area (TPSA) is 75.7 Å². The van der Waals surface area contributed by atoms with Crippen molar-refractivity contribution in [2.75, 3.05) is 12.8 Å². The van der Waals surface area contributed by atoms with Gasteiger partial charge in [-0.05, 0) is 49.4 Å². The summed E-state index contributed by atoms with van der Waals surface area (Å²) in [6.45, 7) is 4.19. The smallest absolute Gasteiger partial charge is 0.410 e. The molecule has 152 valence electrons. The molecule has 1 amide bonds. The lowest BCUT2D eigenvalue weighted by molar-refractivity contribution is 0.0461. The Kier molecular flexibility index (Phi) is 6.25. The molecule has 0 radical (unpaired) electrons. The van der Waals surface area contributed by atoms with Gasteiger partial charge in [0.2, 0.25) is 10.0 Å². The minimum absolute atomic E-state index is 0.225. The number of piperidine rings is 1. The minimum atomic E-state index is -3.38. The Labute approximate surface area is 166 Å². The normalized spacial score (nSPS) is 20.5. The zero-order valence-electron chi connectivity index (χ0n) is 16.6. The fourth-order valence-electron chi connectivity index (χ4n) is 3.83. The van der Waals surface area contributed by atoms with Crippen molar-refractivity contribution >= 4 is 26.9 Å². The number of nitrogens with zero attached hydrogens (tertiary/aromatic N) is 1. The van der Waals surface area contributed by atoms with Gasteiger partial charge in [-0.2, -0.15) is 0 Å². The van der Waals surface area contributed by atoms with E-state index in [1.54, 1.807) is 4.90 Å². The first kappa shape index (κ1) is 20.6. The van der Waals surface area contributed by atoms with Gasteiger partial charge in [-0.15, -0.1) is 0 Å². The number of hydrogen-bond acceptors (Lipinski definition) is 4. The van der Waals surface area contributed by atoms with Crippen LogP contribution in [0.5, 0.6) is 0 Å². The van der Waals surface area contributed by atoms with Crippen LogP contribution >= 0.6 is 0 Å². The fourth-order valence-corrected chi connectivity index (χ4v) is 4.65. The van der Waals surface area contributed by atoms with Crippen molar-refractivity contribution < 1.29 is 17.9 Å². The van der Waals surface area contributed by atoms with Gasteiger partial charge in [0.25, 0.3) is 0 Å². The molecule has 1 fully saturated rings. The van der Waals surface area contributed by atoms with Crippen LogP contribution in [0, 0.1) is 0 Å². The van der Waals surface area contributed by atoms with E-state index in [0.29, 0.717) is 19.4 Å². The predicted octanol–water partition coefficient (Wildman–Crippen LogP) is 3.31. The second kappa shape index (κ2) is 8.49. The van der Waals surface area contributed by atoms with E-state index < -0.39 is 10.0 Å². The number of fused-ring (bicyclic) bond motifs is 1. The maximum atomic E-state index is 12.7. The maximum Gasteiger partial charge on any atom is 0.410 e. The lowest BCUT2D eigenvalue weighted by Gasteiger charge is -2.41. The zero-order valence-corrected chi connectivity index (χ0v) is 17.4. The molecule has 7 heteroatoms. The highest BCUT2D eigenvalue weighted by atomic mass is 32.2. The summed E-state index contributed by atoms with van der Waals surface area (Å²) >= 11 is 0. The number of ether oxygens (including phenoxy) is 1. The van der Waals surface area contributed by atoms with E-state index in [1.807, 2.05) is 32.0 Å². The number of benzene rings is 2. The standard InChI is InChI=1S/C21H28N2O4S/c1-15(2)27-21(24)23-12-6-9-19(22-28(3,25)26)20(23)14-16-10-11-17-7-4-5-8-18(17)13-16/h4-5,7-8,10-11,13,15,19-20,22H,6,9,12,14H2,1-3H3/t19-,20-/m1/s1. The summed E-state index contributed by atoms with van der Waals surface area (Å²) in [5, 5.41) is 2.27. The molecule has 2 aromatic carbocycles. The van der Waals surface area contributed by atoms with Gasteiger partial charge >= 0.3 is 6.09 Å². The third-order valence-electron chi connectivity index (χ3n) is 4.97.